The standard InChI is InChI=1S/C16H23NOS/c1-11-8-9-13(19)10-14(11)16(18)17(3)15-7-5-4-6-12(15)2/h8-10,12,15,19H,4-7H2,1-3H3. The van der Waals surface area contributed by atoms with Crippen molar-refractivity contribution >= 4 is 18.5 Å². The van der Waals surface area contributed by atoms with Crippen molar-refractivity contribution in [2.75, 3.05) is 7.05 Å². The molecule has 1 aromatic carbocycles. The van der Waals surface area contributed by atoms with Gasteiger partial charge in [0.25, 0.3) is 5.91 Å². The van der Waals surface area contributed by atoms with E-state index in [0.29, 0.717) is 12.0 Å². The van der Waals surface area contributed by atoms with Crippen molar-refractivity contribution in [2.45, 2.75) is 50.5 Å². The van der Waals surface area contributed by atoms with Gasteiger partial charge in [-0.1, -0.05) is 25.8 Å². The largest absolute Gasteiger partial charge is 0.338 e. The Bertz CT molecular complexity index is 472. The fourth-order valence-electron chi connectivity index (χ4n) is 3.05. The molecule has 0 bridgehead atoms. The quantitative estimate of drug-likeness (QED) is 0.812. The first-order valence-corrected chi connectivity index (χ1v) is 7.52. The molecule has 0 aliphatic heterocycles. The Morgan fingerprint density at radius 3 is 2.68 bits per heavy atom. The lowest BCUT2D eigenvalue weighted by Gasteiger charge is -2.36. The van der Waals surface area contributed by atoms with Gasteiger partial charge in [-0.15, -0.1) is 12.6 Å². The maximum Gasteiger partial charge on any atom is 0.254 e. The predicted octanol–water partition coefficient (Wildman–Crippen LogP) is 3.93. The van der Waals surface area contributed by atoms with E-state index in [9.17, 15) is 4.79 Å². The van der Waals surface area contributed by atoms with Crippen LogP contribution >= 0.6 is 12.6 Å². The van der Waals surface area contributed by atoms with E-state index < -0.39 is 0 Å². The molecule has 19 heavy (non-hydrogen) atoms. The average Bonchev–Trinajstić information content (AvgIpc) is 2.40. The molecular formula is C16H23NOS. The first-order chi connectivity index (χ1) is 9.00. The number of nitrogens with zero attached hydrogens (tertiary/aromatic N) is 1. The summed E-state index contributed by atoms with van der Waals surface area (Å²) in [5.41, 5.74) is 1.81. The molecule has 2 atom stereocenters. The van der Waals surface area contributed by atoms with Crippen LogP contribution in [0.3, 0.4) is 0 Å². The fraction of sp³-hybridized carbons (Fsp3) is 0.562. The van der Waals surface area contributed by atoms with Gasteiger partial charge in [0.1, 0.15) is 0 Å². The normalized spacial score (nSPS) is 23.2. The van der Waals surface area contributed by atoms with E-state index >= 15 is 0 Å². The van der Waals surface area contributed by atoms with Crippen LogP contribution in [0.1, 0.15) is 48.5 Å². The van der Waals surface area contributed by atoms with Gasteiger partial charge < -0.3 is 4.90 Å². The van der Waals surface area contributed by atoms with E-state index in [0.717, 1.165) is 22.4 Å². The minimum atomic E-state index is 0.132. The second-order valence-electron chi connectivity index (χ2n) is 5.74. The van der Waals surface area contributed by atoms with Gasteiger partial charge in [0.05, 0.1) is 0 Å². The Balaban J connectivity index is 2.20. The zero-order valence-electron chi connectivity index (χ0n) is 12.0. The van der Waals surface area contributed by atoms with E-state index in [1.165, 1.54) is 19.3 Å². The second-order valence-corrected chi connectivity index (χ2v) is 6.26. The lowest BCUT2D eigenvalue weighted by molar-refractivity contribution is 0.0628. The van der Waals surface area contributed by atoms with E-state index in [4.69, 9.17) is 0 Å². The summed E-state index contributed by atoms with van der Waals surface area (Å²) >= 11 is 4.34. The Morgan fingerprint density at radius 1 is 1.32 bits per heavy atom. The third kappa shape index (κ3) is 3.14. The molecule has 0 saturated heterocycles. The maximum absolute atomic E-state index is 12.7. The van der Waals surface area contributed by atoms with Gasteiger partial charge in [-0.3, -0.25) is 4.79 Å². The number of carbonyl (C=O) groups is 1. The van der Waals surface area contributed by atoms with E-state index in [1.807, 2.05) is 37.1 Å². The Labute approximate surface area is 121 Å². The zero-order chi connectivity index (χ0) is 14.0. The molecule has 1 aliphatic rings. The molecule has 0 heterocycles. The van der Waals surface area contributed by atoms with Crippen LogP contribution in [0, 0.1) is 12.8 Å². The van der Waals surface area contributed by atoms with Gasteiger partial charge in [0.2, 0.25) is 0 Å². The van der Waals surface area contributed by atoms with E-state index in [1.54, 1.807) is 0 Å². The molecule has 1 fully saturated rings. The van der Waals surface area contributed by atoms with Gasteiger partial charge in [-0.2, -0.15) is 0 Å². The smallest absolute Gasteiger partial charge is 0.254 e. The summed E-state index contributed by atoms with van der Waals surface area (Å²) in [6, 6.07) is 6.15. The van der Waals surface area contributed by atoms with Crippen molar-refractivity contribution in [1.82, 2.24) is 4.90 Å². The van der Waals surface area contributed by atoms with Crippen LogP contribution in [-0.2, 0) is 0 Å². The van der Waals surface area contributed by atoms with Crippen molar-refractivity contribution in [3.63, 3.8) is 0 Å². The lowest BCUT2D eigenvalue weighted by atomic mass is 9.85. The first-order valence-electron chi connectivity index (χ1n) is 7.07. The number of aryl methyl sites for hydroxylation is 1. The van der Waals surface area contributed by atoms with Crippen LogP contribution in [0.5, 0.6) is 0 Å². The van der Waals surface area contributed by atoms with Gasteiger partial charge in [0, 0.05) is 23.5 Å². The number of rotatable bonds is 2. The van der Waals surface area contributed by atoms with Crippen LogP contribution in [0.4, 0.5) is 0 Å². The molecule has 1 amide bonds. The van der Waals surface area contributed by atoms with E-state index in [-0.39, 0.29) is 5.91 Å². The first kappa shape index (κ1) is 14.4. The van der Waals surface area contributed by atoms with Crippen LogP contribution in [-0.4, -0.2) is 23.9 Å². The fourth-order valence-corrected chi connectivity index (χ4v) is 3.26. The Hall–Kier alpha value is -0.960. The van der Waals surface area contributed by atoms with Crippen molar-refractivity contribution in [2.24, 2.45) is 5.92 Å². The highest BCUT2D eigenvalue weighted by molar-refractivity contribution is 7.80. The monoisotopic (exact) mass is 277 g/mol. The molecular weight excluding hydrogens is 254 g/mol. The molecule has 2 rings (SSSR count). The molecule has 1 aliphatic carbocycles. The minimum Gasteiger partial charge on any atom is -0.338 e. The molecule has 1 saturated carbocycles. The van der Waals surface area contributed by atoms with Crippen LogP contribution in [0.15, 0.2) is 23.1 Å². The number of amides is 1. The number of thiol groups is 1. The highest BCUT2D eigenvalue weighted by atomic mass is 32.1. The number of carbonyl (C=O) groups excluding carboxylic acids is 1. The summed E-state index contributed by atoms with van der Waals surface area (Å²) in [7, 11) is 1.94. The van der Waals surface area contributed by atoms with Crippen molar-refractivity contribution < 1.29 is 4.79 Å². The highest BCUT2D eigenvalue weighted by Gasteiger charge is 2.28. The number of hydrogen-bond donors (Lipinski definition) is 1. The summed E-state index contributed by atoms with van der Waals surface area (Å²) in [6.07, 6.45) is 4.89. The minimum absolute atomic E-state index is 0.132. The third-order valence-electron chi connectivity index (χ3n) is 4.34. The van der Waals surface area contributed by atoms with Gasteiger partial charge in [-0.25, -0.2) is 0 Å². The van der Waals surface area contributed by atoms with Crippen LogP contribution in [0.2, 0.25) is 0 Å². The maximum atomic E-state index is 12.7. The summed E-state index contributed by atoms with van der Waals surface area (Å²) in [5.74, 6) is 0.731. The number of hydrogen-bond acceptors (Lipinski definition) is 2. The SMILES string of the molecule is Cc1ccc(S)cc1C(=O)N(C)C1CCCCC1C. The van der Waals surface area contributed by atoms with E-state index in [2.05, 4.69) is 19.6 Å². The molecule has 0 spiro atoms. The predicted molar refractivity (Wildman–Crippen MR) is 81.9 cm³/mol. The summed E-state index contributed by atoms with van der Waals surface area (Å²) in [6.45, 7) is 4.24. The molecule has 104 valence electrons. The van der Waals surface area contributed by atoms with Crippen molar-refractivity contribution in [3.8, 4) is 0 Å². The van der Waals surface area contributed by atoms with Gasteiger partial charge in [0.15, 0.2) is 0 Å². The molecule has 0 aromatic heterocycles. The summed E-state index contributed by atoms with van der Waals surface area (Å²) in [5, 5.41) is 0. The van der Waals surface area contributed by atoms with Gasteiger partial charge in [-0.05, 0) is 43.4 Å². The molecule has 1 aromatic rings. The highest BCUT2D eigenvalue weighted by Crippen LogP contribution is 2.28. The molecule has 3 heteroatoms. The average molecular weight is 277 g/mol. The molecule has 0 radical (unpaired) electrons. The molecule has 2 unspecified atom stereocenters. The zero-order valence-corrected chi connectivity index (χ0v) is 12.9. The van der Waals surface area contributed by atoms with Gasteiger partial charge >= 0.3 is 0 Å². The van der Waals surface area contributed by atoms with Crippen molar-refractivity contribution in [1.29, 1.82) is 0 Å². The molecule has 0 N–H and O–H groups in total. The van der Waals surface area contributed by atoms with Crippen LogP contribution in [0.25, 0.3) is 0 Å². The Morgan fingerprint density at radius 2 is 2.00 bits per heavy atom. The second kappa shape index (κ2) is 6.00. The van der Waals surface area contributed by atoms with Crippen molar-refractivity contribution in [3.05, 3.63) is 29.3 Å². The van der Waals surface area contributed by atoms with Crippen LogP contribution < -0.4 is 0 Å². The topological polar surface area (TPSA) is 20.3 Å². The molecule has 2 nitrogen and oxygen atoms in total. The summed E-state index contributed by atoms with van der Waals surface area (Å²) < 4.78 is 0. The summed E-state index contributed by atoms with van der Waals surface area (Å²) in [4.78, 5) is 15.4. The lowest BCUT2D eigenvalue weighted by Crippen LogP contribution is -2.42. The number of benzene rings is 1. The Kier molecular flexibility index (Phi) is 4.56. The third-order valence-corrected chi connectivity index (χ3v) is 4.61.